The quantitative estimate of drug-likeness (QED) is 0.724. The third kappa shape index (κ3) is 3.51. The molecule has 0 spiro atoms. The summed E-state index contributed by atoms with van der Waals surface area (Å²) < 4.78 is 52.2. The molecule has 0 atom stereocenters. The zero-order valence-electron chi connectivity index (χ0n) is 13.3. The number of sulfonamides is 1. The third-order valence-electron chi connectivity index (χ3n) is 3.52. The Hall–Kier alpha value is -2.98. The van der Waals surface area contributed by atoms with Gasteiger partial charge in [0.05, 0.1) is 11.1 Å². The zero-order valence-corrected chi connectivity index (χ0v) is 14.1. The number of fused-ring (bicyclic) bond motifs is 1. The van der Waals surface area contributed by atoms with E-state index in [-0.39, 0.29) is 27.2 Å². The molecular formula is C16H12F2N4O3S. The summed E-state index contributed by atoms with van der Waals surface area (Å²) in [4.78, 5) is 20.0. The second kappa shape index (κ2) is 6.73. The van der Waals surface area contributed by atoms with Crippen LogP contribution in [0.5, 0.6) is 0 Å². The summed E-state index contributed by atoms with van der Waals surface area (Å²) >= 11 is 0. The second-order valence-corrected chi connectivity index (χ2v) is 7.06. The van der Waals surface area contributed by atoms with Crippen LogP contribution in [0.1, 0.15) is 10.4 Å². The Morgan fingerprint density at radius 2 is 1.81 bits per heavy atom. The van der Waals surface area contributed by atoms with Gasteiger partial charge in [-0.25, -0.2) is 26.9 Å². The monoisotopic (exact) mass is 378 g/mol. The minimum Gasteiger partial charge on any atom is -0.322 e. The van der Waals surface area contributed by atoms with Crippen LogP contribution in [-0.4, -0.2) is 31.3 Å². The summed E-state index contributed by atoms with van der Waals surface area (Å²) in [5.41, 5.74) is 0.495. The molecule has 10 heteroatoms. The van der Waals surface area contributed by atoms with Crippen molar-refractivity contribution >= 4 is 32.5 Å². The Balaban J connectivity index is 1.90. The fraction of sp³-hybridized carbons (Fsp3) is 0.0625. The predicted molar refractivity (Wildman–Crippen MR) is 90.1 cm³/mol. The largest absolute Gasteiger partial charge is 0.322 e. The molecule has 2 N–H and O–H groups in total. The highest BCUT2D eigenvalue weighted by atomic mass is 32.2. The van der Waals surface area contributed by atoms with Gasteiger partial charge in [-0.1, -0.05) is 0 Å². The van der Waals surface area contributed by atoms with Crippen molar-refractivity contribution in [2.75, 3.05) is 12.4 Å². The number of aromatic nitrogens is 2. The minimum absolute atomic E-state index is 0.0957. The Morgan fingerprint density at radius 1 is 1.08 bits per heavy atom. The molecule has 0 aliphatic rings. The summed E-state index contributed by atoms with van der Waals surface area (Å²) in [5, 5.41) is 2.50. The van der Waals surface area contributed by atoms with E-state index in [1.165, 1.54) is 37.6 Å². The van der Waals surface area contributed by atoms with Gasteiger partial charge in [0, 0.05) is 35.6 Å². The number of pyridine rings is 2. The van der Waals surface area contributed by atoms with Crippen LogP contribution in [0.3, 0.4) is 0 Å². The van der Waals surface area contributed by atoms with Gasteiger partial charge in [0.25, 0.3) is 15.9 Å². The molecule has 0 saturated carbocycles. The standard InChI is InChI=1S/C16H12F2N4O3S/c1-19-26(24,25)15-6-11(2-3-20-15)22-16(23)10-4-9-5-12(17)13(18)7-14(9)21-8-10/h2-8,19H,1H3,(H,20,22,23). The smallest absolute Gasteiger partial charge is 0.257 e. The van der Waals surface area contributed by atoms with Gasteiger partial charge in [-0.3, -0.25) is 9.78 Å². The van der Waals surface area contributed by atoms with Crippen LogP contribution in [-0.2, 0) is 10.0 Å². The van der Waals surface area contributed by atoms with E-state index >= 15 is 0 Å². The molecule has 3 aromatic rings. The number of nitrogens with zero attached hydrogens (tertiary/aromatic N) is 2. The Bertz CT molecular complexity index is 1120. The molecule has 3 rings (SSSR count). The number of amides is 1. The molecule has 1 aromatic carbocycles. The summed E-state index contributed by atoms with van der Waals surface area (Å²) in [6.07, 6.45) is 2.44. The summed E-state index contributed by atoms with van der Waals surface area (Å²) in [6.45, 7) is 0. The summed E-state index contributed by atoms with van der Waals surface area (Å²) in [7, 11) is -2.52. The molecule has 0 unspecified atom stereocenters. The van der Waals surface area contributed by atoms with Gasteiger partial charge in [0.1, 0.15) is 0 Å². The van der Waals surface area contributed by atoms with E-state index in [1.54, 1.807) is 0 Å². The van der Waals surface area contributed by atoms with Crippen LogP contribution in [0.4, 0.5) is 14.5 Å². The molecule has 0 saturated heterocycles. The number of nitrogens with one attached hydrogen (secondary N) is 2. The molecule has 2 aromatic heterocycles. The highest BCUT2D eigenvalue weighted by Gasteiger charge is 2.15. The van der Waals surface area contributed by atoms with Crippen LogP contribution >= 0.6 is 0 Å². The second-order valence-electron chi connectivity index (χ2n) is 5.23. The van der Waals surface area contributed by atoms with Crippen molar-refractivity contribution < 1.29 is 22.0 Å². The lowest BCUT2D eigenvalue weighted by molar-refractivity contribution is 0.102. The van der Waals surface area contributed by atoms with E-state index < -0.39 is 27.6 Å². The topological polar surface area (TPSA) is 101 Å². The molecular weight excluding hydrogens is 366 g/mol. The average Bonchev–Trinajstić information content (AvgIpc) is 2.62. The maximum Gasteiger partial charge on any atom is 0.257 e. The van der Waals surface area contributed by atoms with E-state index in [0.29, 0.717) is 0 Å². The highest BCUT2D eigenvalue weighted by molar-refractivity contribution is 7.89. The number of carbonyl (C=O) groups excluding carboxylic acids is 1. The first kappa shape index (κ1) is 17.8. The number of halogens is 2. The van der Waals surface area contributed by atoms with Gasteiger partial charge in [0.2, 0.25) is 0 Å². The first-order valence-electron chi connectivity index (χ1n) is 7.26. The van der Waals surface area contributed by atoms with Crippen LogP contribution in [0.2, 0.25) is 0 Å². The molecule has 0 radical (unpaired) electrons. The molecule has 134 valence electrons. The van der Waals surface area contributed by atoms with Crippen molar-refractivity contribution in [2.24, 2.45) is 0 Å². The van der Waals surface area contributed by atoms with Crippen molar-refractivity contribution in [3.8, 4) is 0 Å². The number of benzene rings is 1. The van der Waals surface area contributed by atoms with E-state index in [4.69, 9.17) is 0 Å². The fourth-order valence-corrected chi connectivity index (χ4v) is 2.88. The number of carbonyl (C=O) groups is 1. The Morgan fingerprint density at radius 3 is 2.54 bits per heavy atom. The van der Waals surface area contributed by atoms with Crippen molar-refractivity contribution in [3.63, 3.8) is 0 Å². The van der Waals surface area contributed by atoms with Gasteiger partial charge in [0.15, 0.2) is 16.7 Å². The summed E-state index contributed by atoms with van der Waals surface area (Å²) in [6, 6.07) is 5.83. The van der Waals surface area contributed by atoms with Crippen molar-refractivity contribution in [3.05, 3.63) is 59.9 Å². The molecule has 0 aliphatic heterocycles. The number of hydrogen-bond donors (Lipinski definition) is 2. The first-order chi connectivity index (χ1) is 12.3. The number of anilines is 1. The molecule has 0 fully saturated rings. The van der Waals surface area contributed by atoms with Crippen molar-refractivity contribution in [2.45, 2.75) is 5.03 Å². The number of hydrogen-bond acceptors (Lipinski definition) is 5. The van der Waals surface area contributed by atoms with Crippen molar-refractivity contribution in [1.29, 1.82) is 0 Å². The zero-order chi connectivity index (χ0) is 18.9. The van der Waals surface area contributed by atoms with Crippen LogP contribution in [0.25, 0.3) is 10.9 Å². The van der Waals surface area contributed by atoms with Crippen LogP contribution in [0, 0.1) is 11.6 Å². The molecule has 7 nitrogen and oxygen atoms in total. The highest BCUT2D eigenvalue weighted by Crippen LogP contribution is 2.19. The lowest BCUT2D eigenvalue weighted by Gasteiger charge is -2.08. The number of rotatable bonds is 4. The molecule has 1 amide bonds. The molecule has 0 bridgehead atoms. The lowest BCUT2D eigenvalue weighted by atomic mass is 10.1. The van der Waals surface area contributed by atoms with Gasteiger partial charge in [-0.2, -0.15) is 0 Å². The average molecular weight is 378 g/mol. The van der Waals surface area contributed by atoms with Crippen LogP contribution in [0.15, 0.2) is 47.8 Å². The molecule has 0 aliphatic carbocycles. The SMILES string of the molecule is CNS(=O)(=O)c1cc(NC(=O)c2cnc3cc(F)c(F)cc3c2)ccn1. The maximum absolute atomic E-state index is 13.3. The Labute approximate surface area is 147 Å². The van der Waals surface area contributed by atoms with Crippen molar-refractivity contribution in [1.82, 2.24) is 14.7 Å². The van der Waals surface area contributed by atoms with Crippen LogP contribution < -0.4 is 10.0 Å². The van der Waals surface area contributed by atoms with Gasteiger partial charge in [-0.15, -0.1) is 0 Å². The molecule has 26 heavy (non-hydrogen) atoms. The molecule has 2 heterocycles. The maximum atomic E-state index is 13.3. The normalized spacial score (nSPS) is 11.5. The fourth-order valence-electron chi connectivity index (χ4n) is 2.19. The third-order valence-corrected chi connectivity index (χ3v) is 4.83. The lowest BCUT2D eigenvalue weighted by Crippen LogP contribution is -2.20. The van der Waals surface area contributed by atoms with Gasteiger partial charge >= 0.3 is 0 Å². The minimum atomic E-state index is -3.76. The van der Waals surface area contributed by atoms with E-state index in [9.17, 15) is 22.0 Å². The van der Waals surface area contributed by atoms with Gasteiger partial charge in [-0.05, 0) is 25.2 Å². The summed E-state index contributed by atoms with van der Waals surface area (Å²) in [5.74, 6) is -2.67. The Kier molecular flexibility index (Phi) is 4.62. The van der Waals surface area contributed by atoms with E-state index in [0.717, 1.165) is 12.1 Å². The predicted octanol–water partition coefficient (Wildman–Crippen LogP) is 2.07. The van der Waals surface area contributed by atoms with E-state index in [1.807, 2.05) is 0 Å². The van der Waals surface area contributed by atoms with E-state index in [2.05, 4.69) is 20.0 Å². The van der Waals surface area contributed by atoms with Gasteiger partial charge < -0.3 is 5.32 Å². The first-order valence-corrected chi connectivity index (χ1v) is 8.74.